The predicted octanol–water partition coefficient (Wildman–Crippen LogP) is 6.69. The van der Waals surface area contributed by atoms with E-state index in [1.807, 2.05) is 42.5 Å². The monoisotopic (exact) mass is 469 g/mol. The Kier molecular flexibility index (Phi) is 7.20. The third-order valence-electron chi connectivity index (χ3n) is 6.21. The molecule has 1 aliphatic rings. The molecule has 0 saturated heterocycles. The second kappa shape index (κ2) is 10.3. The summed E-state index contributed by atoms with van der Waals surface area (Å²) in [5.41, 5.74) is 5.85. The molecule has 0 bridgehead atoms. The van der Waals surface area contributed by atoms with Gasteiger partial charge in [-0.15, -0.1) is 0 Å². The van der Waals surface area contributed by atoms with Crippen molar-refractivity contribution in [3.05, 3.63) is 102 Å². The molecule has 0 saturated carbocycles. The van der Waals surface area contributed by atoms with E-state index < -0.39 is 0 Å². The summed E-state index contributed by atoms with van der Waals surface area (Å²) in [4.78, 5) is 10.5. The molecule has 0 fully saturated rings. The van der Waals surface area contributed by atoms with Crippen LogP contribution in [0.3, 0.4) is 0 Å². The SMILES string of the molecule is C=C(N(N)c1cccc(NSc2ccc(C3=NCC(c4ccccc4)=N3)cc2)c1)C(C)(C)CC. The summed E-state index contributed by atoms with van der Waals surface area (Å²) in [7, 11) is 0. The molecule has 0 atom stereocenters. The van der Waals surface area contributed by atoms with E-state index in [4.69, 9.17) is 10.8 Å². The van der Waals surface area contributed by atoms with E-state index in [9.17, 15) is 0 Å². The molecule has 6 heteroatoms. The first-order chi connectivity index (χ1) is 16.4. The standard InChI is InChI=1S/C28H31N5S/c1-5-28(3,4)20(2)33(29)24-13-9-12-23(18-24)32-34-25-16-14-22(15-17-25)27-30-19-26(31-27)21-10-7-6-8-11-21/h6-18,32H,2,5,19,29H2,1,3-4H3. The summed E-state index contributed by atoms with van der Waals surface area (Å²) >= 11 is 1.55. The molecule has 3 aromatic rings. The zero-order chi connectivity index (χ0) is 24.1. The summed E-state index contributed by atoms with van der Waals surface area (Å²) in [6.07, 6.45) is 0.967. The molecule has 3 aromatic carbocycles. The van der Waals surface area contributed by atoms with Gasteiger partial charge >= 0.3 is 0 Å². The van der Waals surface area contributed by atoms with E-state index in [1.54, 1.807) is 17.0 Å². The van der Waals surface area contributed by atoms with Crippen molar-refractivity contribution in [1.82, 2.24) is 0 Å². The summed E-state index contributed by atoms with van der Waals surface area (Å²) in [6, 6.07) is 26.5. The van der Waals surface area contributed by atoms with Crippen molar-refractivity contribution >= 4 is 34.9 Å². The zero-order valence-electron chi connectivity index (χ0n) is 20.0. The second-order valence-electron chi connectivity index (χ2n) is 8.90. The average molecular weight is 470 g/mol. The zero-order valence-corrected chi connectivity index (χ0v) is 20.8. The second-order valence-corrected chi connectivity index (χ2v) is 9.78. The number of amidine groups is 1. The van der Waals surface area contributed by atoms with Gasteiger partial charge in [0, 0.05) is 27.3 Å². The van der Waals surface area contributed by atoms with Crippen LogP contribution in [0, 0.1) is 5.41 Å². The minimum Gasteiger partial charge on any atom is -0.326 e. The van der Waals surface area contributed by atoms with E-state index in [0.717, 1.165) is 51.1 Å². The fourth-order valence-electron chi connectivity index (χ4n) is 3.49. The fourth-order valence-corrected chi connectivity index (χ4v) is 4.12. The molecular formula is C28H31N5S. The summed E-state index contributed by atoms with van der Waals surface area (Å²) < 4.78 is 3.41. The van der Waals surface area contributed by atoms with Crippen LogP contribution in [-0.2, 0) is 0 Å². The van der Waals surface area contributed by atoms with Crippen molar-refractivity contribution in [2.45, 2.75) is 32.1 Å². The van der Waals surface area contributed by atoms with Gasteiger partial charge in [-0.3, -0.25) is 10.0 Å². The van der Waals surface area contributed by atoms with Crippen LogP contribution in [0.25, 0.3) is 0 Å². The lowest BCUT2D eigenvalue weighted by Gasteiger charge is -2.33. The van der Waals surface area contributed by atoms with Crippen molar-refractivity contribution in [1.29, 1.82) is 0 Å². The normalized spacial score (nSPS) is 13.3. The number of nitrogens with two attached hydrogens (primary N) is 1. The minimum atomic E-state index is -0.0653. The van der Waals surface area contributed by atoms with Crippen LogP contribution in [0.4, 0.5) is 11.4 Å². The quantitative estimate of drug-likeness (QED) is 0.208. The topological polar surface area (TPSA) is 66.0 Å². The Hall–Kier alpha value is -3.35. The van der Waals surface area contributed by atoms with Gasteiger partial charge in [0.15, 0.2) is 5.84 Å². The molecule has 5 nitrogen and oxygen atoms in total. The van der Waals surface area contributed by atoms with Crippen LogP contribution >= 0.6 is 11.9 Å². The van der Waals surface area contributed by atoms with Gasteiger partial charge in [0.1, 0.15) is 0 Å². The van der Waals surface area contributed by atoms with Crippen LogP contribution in [0.5, 0.6) is 0 Å². The highest BCUT2D eigenvalue weighted by molar-refractivity contribution is 8.00. The minimum absolute atomic E-state index is 0.0653. The number of hydrogen-bond donors (Lipinski definition) is 2. The van der Waals surface area contributed by atoms with Crippen molar-refractivity contribution < 1.29 is 0 Å². The lowest BCUT2D eigenvalue weighted by atomic mass is 9.86. The maximum absolute atomic E-state index is 6.38. The Morgan fingerprint density at radius 1 is 1.03 bits per heavy atom. The number of aliphatic imine (C=N–C) groups is 2. The van der Waals surface area contributed by atoms with Crippen LogP contribution in [0.2, 0.25) is 0 Å². The van der Waals surface area contributed by atoms with E-state index in [2.05, 4.69) is 73.5 Å². The molecule has 3 N–H and O–H groups in total. The molecule has 0 unspecified atom stereocenters. The number of benzene rings is 3. The number of anilines is 2. The first-order valence-electron chi connectivity index (χ1n) is 11.4. The maximum atomic E-state index is 6.38. The van der Waals surface area contributed by atoms with E-state index >= 15 is 0 Å². The Labute approximate surface area is 206 Å². The van der Waals surface area contributed by atoms with Gasteiger partial charge in [0.25, 0.3) is 0 Å². The van der Waals surface area contributed by atoms with Crippen LogP contribution in [0.15, 0.2) is 106 Å². The Morgan fingerprint density at radius 3 is 2.47 bits per heavy atom. The van der Waals surface area contributed by atoms with E-state index in [0.29, 0.717) is 6.54 Å². The van der Waals surface area contributed by atoms with Gasteiger partial charge in [-0.1, -0.05) is 75.9 Å². The lowest BCUT2D eigenvalue weighted by Crippen LogP contribution is -2.36. The first-order valence-corrected chi connectivity index (χ1v) is 12.2. The number of hydrazine groups is 1. The number of nitrogens with one attached hydrogen (secondary N) is 1. The van der Waals surface area contributed by atoms with E-state index in [1.165, 1.54) is 0 Å². The molecule has 174 valence electrons. The van der Waals surface area contributed by atoms with Crippen molar-refractivity contribution in [3.63, 3.8) is 0 Å². The summed E-state index contributed by atoms with van der Waals surface area (Å²) in [5, 5.41) is 1.68. The number of nitrogens with zero attached hydrogens (tertiary/aromatic N) is 3. The van der Waals surface area contributed by atoms with Crippen LogP contribution in [-0.4, -0.2) is 18.1 Å². The highest BCUT2D eigenvalue weighted by Crippen LogP contribution is 2.33. The van der Waals surface area contributed by atoms with Crippen molar-refractivity contribution in [2.24, 2.45) is 21.2 Å². The molecule has 0 aliphatic carbocycles. The molecule has 1 aliphatic heterocycles. The molecular weight excluding hydrogens is 438 g/mol. The molecule has 0 amide bonds. The molecule has 4 rings (SSSR count). The van der Waals surface area contributed by atoms with Gasteiger partial charge in [0.2, 0.25) is 0 Å². The van der Waals surface area contributed by atoms with Gasteiger partial charge < -0.3 is 4.72 Å². The average Bonchev–Trinajstić information content (AvgIpc) is 3.38. The van der Waals surface area contributed by atoms with Crippen LogP contribution < -0.4 is 15.6 Å². The van der Waals surface area contributed by atoms with Gasteiger partial charge in [-0.25, -0.2) is 10.8 Å². The molecule has 34 heavy (non-hydrogen) atoms. The highest BCUT2D eigenvalue weighted by Gasteiger charge is 2.23. The smallest absolute Gasteiger partial charge is 0.155 e. The molecule has 0 radical (unpaired) electrons. The fraction of sp³-hybridized carbons (Fsp3) is 0.214. The molecule has 0 spiro atoms. The lowest BCUT2D eigenvalue weighted by molar-refractivity contribution is 0.417. The van der Waals surface area contributed by atoms with Crippen molar-refractivity contribution in [3.8, 4) is 0 Å². The number of allylic oxidation sites excluding steroid dienone is 1. The van der Waals surface area contributed by atoms with Gasteiger partial charge in [-0.2, -0.15) is 0 Å². The predicted molar refractivity (Wildman–Crippen MR) is 147 cm³/mol. The van der Waals surface area contributed by atoms with Gasteiger partial charge in [-0.05, 0) is 54.3 Å². The molecule has 0 aromatic heterocycles. The Balaban J connectivity index is 1.38. The molecule has 1 heterocycles. The van der Waals surface area contributed by atoms with E-state index in [-0.39, 0.29) is 5.41 Å². The highest BCUT2D eigenvalue weighted by atomic mass is 32.2. The first kappa shape index (κ1) is 23.8. The Bertz CT molecular complexity index is 1210. The Morgan fingerprint density at radius 2 is 1.76 bits per heavy atom. The summed E-state index contributed by atoms with van der Waals surface area (Å²) in [5.74, 6) is 7.16. The van der Waals surface area contributed by atoms with Crippen LogP contribution in [0.1, 0.15) is 38.3 Å². The van der Waals surface area contributed by atoms with Gasteiger partial charge in [0.05, 0.1) is 17.9 Å². The van der Waals surface area contributed by atoms with Crippen molar-refractivity contribution in [2.75, 3.05) is 16.3 Å². The largest absolute Gasteiger partial charge is 0.326 e. The summed E-state index contributed by atoms with van der Waals surface area (Å²) in [6.45, 7) is 11.3. The third kappa shape index (κ3) is 5.41. The number of rotatable bonds is 9. The maximum Gasteiger partial charge on any atom is 0.155 e. The third-order valence-corrected chi connectivity index (χ3v) is 7.05. The number of hydrogen-bond acceptors (Lipinski definition) is 6.